The smallest absolute Gasteiger partial charge is 0.259 e. The average Bonchev–Trinajstić information content (AvgIpc) is 2.63. The highest BCUT2D eigenvalue weighted by atomic mass is 16.5. The molecule has 0 spiro atoms. The first-order chi connectivity index (χ1) is 11.7. The van der Waals surface area contributed by atoms with E-state index in [2.05, 4.69) is 5.32 Å². The second-order valence-electron chi connectivity index (χ2n) is 5.59. The fraction of sp³-hybridized carbons (Fsp3) is 0.0952. The second kappa shape index (κ2) is 7.47. The van der Waals surface area contributed by atoms with E-state index >= 15 is 0 Å². The summed E-state index contributed by atoms with van der Waals surface area (Å²) in [6.07, 6.45) is 0. The number of para-hydroxylation sites is 1. The van der Waals surface area contributed by atoms with Crippen LogP contribution in [-0.4, -0.2) is 5.91 Å². The number of carbonyl (C=O) groups excluding carboxylic acids is 1. The van der Waals surface area contributed by atoms with Crippen LogP contribution >= 0.6 is 0 Å². The molecule has 0 unspecified atom stereocenters. The third kappa shape index (κ3) is 4.02. The summed E-state index contributed by atoms with van der Waals surface area (Å²) < 4.78 is 5.84. The molecule has 0 aliphatic carbocycles. The third-order valence-corrected chi connectivity index (χ3v) is 3.68. The van der Waals surface area contributed by atoms with Gasteiger partial charge in [-0.1, -0.05) is 60.2 Å². The van der Waals surface area contributed by atoms with Crippen molar-refractivity contribution in [2.24, 2.45) is 0 Å². The molecule has 0 aliphatic rings. The quantitative estimate of drug-likeness (QED) is 0.732. The van der Waals surface area contributed by atoms with Crippen molar-refractivity contribution in [2.75, 3.05) is 5.32 Å². The molecule has 1 N–H and O–H groups in total. The Bertz CT molecular complexity index is 811. The molecule has 0 fully saturated rings. The van der Waals surface area contributed by atoms with Crippen LogP contribution in [0.25, 0.3) is 0 Å². The number of nitrogens with one attached hydrogen (secondary N) is 1. The van der Waals surface area contributed by atoms with E-state index in [0.717, 1.165) is 16.8 Å². The molecule has 24 heavy (non-hydrogen) atoms. The molecule has 0 radical (unpaired) electrons. The molecule has 3 aromatic carbocycles. The third-order valence-electron chi connectivity index (χ3n) is 3.68. The van der Waals surface area contributed by atoms with Crippen molar-refractivity contribution < 1.29 is 9.53 Å². The van der Waals surface area contributed by atoms with Crippen LogP contribution in [0.15, 0.2) is 78.9 Å². The molecule has 0 saturated heterocycles. The largest absolute Gasteiger partial charge is 0.488 e. The molecule has 0 aliphatic heterocycles. The van der Waals surface area contributed by atoms with Gasteiger partial charge in [-0.15, -0.1) is 0 Å². The molecule has 3 rings (SSSR count). The fourth-order valence-electron chi connectivity index (χ4n) is 2.35. The minimum Gasteiger partial charge on any atom is -0.488 e. The second-order valence-corrected chi connectivity index (χ2v) is 5.59. The Morgan fingerprint density at radius 3 is 2.29 bits per heavy atom. The Morgan fingerprint density at radius 2 is 1.54 bits per heavy atom. The highest BCUT2D eigenvalue weighted by Crippen LogP contribution is 2.21. The molecular weight excluding hydrogens is 298 g/mol. The standard InChI is InChI=1S/C21H19NO2/c1-16-11-13-18(14-12-16)22-21(23)19-9-5-6-10-20(19)24-15-17-7-3-2-4-8-17/h2-14H,15H2,1H3,(H,22,23). The van der Waals surface area contributed by atoms with Crippen LogP contribution in [0.3, 0.4) is 0 Å². The number of rotatable bonds is 5. The van der Waals surface area contributed by atoms with E-state index in [1.165, 1.54) is 0 Å². The normalized spacial score (nSPS) is 10.2. The lowest BCUT2D eigenvalue weighted by atomic mass is 10.1. The molecule has 0 bridgehead atoms. The van der Waals surface area contributed by atoms with Crippen molar-refractivity contribution in [1.82, 2.24) is 0 Å². The first kappa shape index (κ1) is 15.8. The van der Waals surface area contributed by atoms with Crippen LogP contribution in [-0.2, 0) is 6.61 Å². The predicted molar refractivity (Wildman–Crippen MR) is 96.3 cm³/mol. The van der Waals surface area contributed by atoms with E-state index < -0.39 is 0 Å². The lowest BCUT2D eigenvalue weighted by molar-refractivity contribution is 0.102. The van der Waals surface area contributed by atoms with Crippen LogP contribution < -0.4 is 10.1 Å². The van der Waals surface area contributed by atoms with Crippen LogP contribution in [0, 0.1) is 6.92 Å². The molecule has 1 amide bonds. The van der Waals surface area contributed by atoms with E-state index in [9.17, 15) is 4.79 Å². The van der Waals surface area contributed by atoms with E-state index in [-0.39, 0.29) is 5.91 Å². The Labute approximate surface area is 141 Å². The molecule has 3 aromatic rings. The van der Waals surface area contributed by atoms with Gasteiger partial charge in [-0.05, 0) is 36.8 Å². The predicted octanol–water partition coefficient (Wildman–Crippen LogP) is 4.83. The first-order valence-electron chi connectivity index (χ1n) is 7.86. The number of carbonyl (C=O) groups is 1. The van der Waals surface area contributed by atoms with E-state index in [4.69, 9.17) is 4.74 Å². The summed E-state index contributed by atoms with van der Waals surface area (Å²) >= 11 is 0. The van der Waals surface area contributed by atoms with Crippen molar-refractivity contribution in [3.63, 3.8) is 0 Å². The van der Waals surface area contributed by atoms with Crippen LogP contribution in [0.2, 0.25) is 0 Å². The maximum absolute atomic E-state index is 12.5. The molecule has 120 valence electrons. The lowest BCUT2D eigenvalue weighted by Crippen LogP contribution is -2.13. The monoisotopic (exact) mass is 317 g/mol. The molecule has 0 aromatic heterocycles. The summed E-state index contributed by atoms with van der Waals surface area (Å²) in [6, 6.07) is 24.9. The van der Waals surface area contributed by atoms with Crippen molar-refractivity contribution in [1.29, 1.82) is 0 Å². The number of benzene rings is 3. The van der Waals surface area contributed by atoms with E-state index in [0.29, 0.717) is 17.9 Å². The van der Waals surface area contributed by atoms with Crippen molar-refractivity contribution in [3.8, 4) is 5.75 Å². The van der Waals surface area contributed by atoms with Gasteiger partial charge in [0.25, 0.3) is 5.91 Å². The Balaban J connectivity index is 1.73. The zero-order valence-corrected chi connectivity index (χ0v) is 13.5. The van der Waals surface area contributed by atoms with Gasteiger partial charge in [-0.2, -0.15) is 0 Å². The van der Waals surface area contributed by atoms with Gasteiger partial charge in [0.15, 0.2) is 0 Å². The molecule has 0 saturated carbocycles. The summed E-state index contributed by atoms with van der Waals surface area (Å²) in [7, 11) is 0. The van der Waals surface area contributed by atoms with E-state index in [1.807, 2.05) is 79.7 Å². The van der Waals surface area contributed by atoms with Crippen molar-refractivity contribution in [2.45, 2.75) is 13.5 Å². The molecule has 0 heterocycles. The van der Waals surface area contributed by atoms with Gasteiger partial charge >= 0.3 is 0 Å². The number of hydrogen-bond acceptors (Lipinski definition) is 2. The van der Waals surface area contributed by atoms with Gasteiger partial charge in [0, 0.05) is 5.69 Å². The van der Waals surface area contributed by atoms with Crippen molar-refractivity contribution in [3.05, 3.63) is 95.6 Å². The maximum Gasteiger partial charge on any atom is 0.259 e. The Kier molecular flexibility index (Phi) is 4.92. The maximum atomic E-state index is 12.5. The van der Waals surface area contributed by atoms with Gasteiger partial charge in [-0.3, -0.25) is 4.79 Å². The number of amides is 1. The Morgan fingerprint density at radius 1 is 0.875 bits per heavy atom. The molecule has 3 heteroatoms. The average molecular weight is 317 g/mol. The van der Waals surface area contributed by atoms with Gasteiger partial charge < -0.3 is 10.1 Å². The molecule has 3 nitrogen and oxygen atoms in total. The van der Waals surface area contributed by atoms with Crippen LogP contribution in [0.1, 0.15) is 21.5 Å². The summed E-state index contributed by atoms with van der Waals surface area (Å²) in [6.45, 7) is 2.44. The topological polar surface area (TPSA) is 38.3 Å². The number of ether oxygens (including phenoxy) is 1. The van der Waals surface area contributed by atoms with Gasteiger partial charge in [-0.25, -0.2) is 0 Å². The summed E-state index contributed by atoms with van der Waals surface area (Å²) in [5.74, 6) is 0.397. The first-order valence-corrected chi connectivity index (χ1v) is 7.86. The number of anilines is 1. The zero-order valence-electron chi connectivity index (χ0n) is 13.5. The minimum atomic E-state index is -0.178. The number of hydrogen-bond donors (Lipinski definition) is 1. The Hall–Kier alpha value is -3.07. The lowest BCUT2D eigenvalue weighted by Gasteiger charge is -2.12. The minimum absolute atomic E-state index is 0.178. The summed E-state index contributed by atoms with van der Waals surface area (Å²) in [4.78, 5) is 12.5. The fourth-order valence-corrected chi connectivity index (χ4v) is 2.35. The highest BCUT2D eigenvalue weighted by molar-refractivity contribution is 6.06. The molecular formula is C21H19NO2. The van der Waals surface area contributed by atoms with Crippen LogP contribution in [0.5, 0.6) is 5.75 Å². The molecule has 0 atom stereocenters. The van der Waals surface area contributed by atoms with Crippen molar-refractivity contribution >= 4 is 11.6 Å². The SMILES string of the molecule is Cc1ccc(NC(=O)c2ccccc2OCc2ccccc2)cc1. The van der Waals surface area contributed by atoms with Crippen LogP contribution in [0.4, 0.5) is 5.69 Å². The summed E-state index contributed by atoms with van der Waals surface area (Å²) in [5.41, 5.74) is 3.50. The van der Waals surface area contributed by atoms with Gasteiger partial charge in [0.05, 0.1) is 5.56 Å². The van der Waals surface area contributed by atoms with Gasteiger partial charge in [0.1, 0.15) is 12.4 Å². The summed E-state index contributed by atoms with van der Waals surface area (Å²) in [5, 5.41) is 2.91. The zero-order chi connectivity index (χ0) is 16.8. The highest BCUT2D eigenvalue weighted by Gasteiger charge is 2.12. The van der Waals surface area contributed by atoms with E-state index in [1.54, 1.807) is 6.07 Å². The number of aryl methyl sites for hydroxylation is 1. The van der Waals surface area contributed by atoms with Gasteiger partial charge in [0.2, 0.25) is 0 Å².